The first-order valence-electron chi connectivity index (χ1n) is 10.0. The fraction of sp³-hybridized carbons (Fsp3) is 0.217. The van der Waals surface area contributed by atoms with Crippen LogP contribution in [0, 0.1) is 12.8 Å². The van der Waals surface area contributed by atoms with Crippen molar-refractivity contribution in [2.45, 2.75) is 19.3 Å². The van der Waals surface area contributed by atoms with Gasteiger partial charge in [0, 0.05) is 41.7 Å². The van der Waals surface area contributed by atoms with Crippen LogP contribution in [0.2, 0.25) is 5.02 Å². The highest BCUT2D eigenvalue weighted by molar-refractivity contribution is 6.38. The number of anilines is 2. The van der Waals surface area contributed by atoms with Crippen LogP contribution in [0.5, 0.6) is 0 Å². The molecule has 0 spiro atoms. The van der Waals surface area contributed by atoms with E-state index in [0.29, 0.717) is 33.1 Å². The largest absolute Gasteiger partial charge is 0.383 e. The number of halogens is 1. The molecule has 3 N–H and O–H groups in total. The lowest BCUT2D eigenvalue weighted by Gasteiger charge is -2.13. The number of rotatable bonds is 4. The Hall–Kier alpha value is -3.45. The third-order valence-corrected chi connectivity index (χ3v) is 6.17. The standard InChI is InChI=1S/C23H21ClN6O/c1-12-5-3-4-6-14(12)21-20(24)16-8-19(26-10-18(16)22(25)29-21)28-23(31)17-7-15(17)13-9-27-30(2)11-13/h3-6,8-11,15,17H,7H2,1-2H3,(H2,25,29)(H,26,28,31)/t15-,17+/m1/s1. The summed E-state index contributed by atoms with van der Waals surface area (Å²) in [5.74, 6) is 0.852. The van der Waals surface area contributed by atoms with Gasteiger partial charge in [-0.1, -0.05) is 35.9 Å². The maximum atomic E-state index is 12.7. The summed E-state index contributed by atoms with van der Waals surface area (Å²) in [4.78, 5) is 21.6. The molecule has 1 saturated carbocycles. The average molecular weight is 433 g/mol. The molecule has 0 bridgehead atoms. The number of fused-ring (bicyclic) bond motifs is 1. The maximum absolute atomic E-state index is 12.7. The SMILES string of the molecule is Cc1ccccc1-c1nc(N)c2cnc(NC(=O)[C@H]3C[C@@H]3c3cnn(C)c3)cc2c1Cl. The van der Waals surface area contributed by atoms with Crippen molar-refractivity contribution in [3.63, 3.8) is 0 Å². The van der Waals surface area contributed by atoms with E-state index in [0.717, 1.165) is 23.1 Å². The third kappa shape index (κ3) is 3.51. The van der Waals surface area contributed by atoms with Gasteiger partial charge in [-0.15, -0.1) is 0 Å². The number of aromatic nitrogens is 4. The van der Waals surface area contributed by atoms with E-state index in [1.54, 1.807) is 16.9 Å². The molecule has 1 aromatic carbocycles. The quantitative estimate of drug-likeness (QED) is 0.500. The van der Waals surface area contributed by atoms with Crippen LogP contribution in [0.25, 0.3) is 22.0 Å². The summed E-state index contributed by atoms with van der Waals surface area (Å²) < 4.78 is 1.75. The number of benzene rings is 1. The van der Waals surface area contributed by atoms with Gasteiger partial charge in [0.25, 0.3) is 0 Å². The first-order valence-corrected chi connectivity index (χ1v) is 10.4. The lowest BCUT2D eigenvalue weighted by Crippen LogP contribution is -2.15. The predicted molar refractivity (Wildman–Crippen MR) is 122 cm³/mol. The zero-order valence-electron chi connectivity index (χ0n) is 17.1. The minimum atomic E-state index is -0.0813. The molecular formula is C23H21ClN6O. The van der Waals surface area contributed by atoms with Crippen LogP contribution < -0.4 is 11.1 Å². The molecule has 1 aliphatic rings. The topological polar surface area (TPSA) is 98.7 Å². The summed E-state index contributed by atoms with van der Waals surface area (Å²) in [6, 6.07) is 9.63. The summed E-state index contributed by atoms with van der Waals surface area (Å²) >= 11 is 6.74. The number of carbonyl (C=O) groups is 1. The molecule has 3 aromatic heterocycles. The summed E-state index contributed by atoms with van der Waals surface area (Å²) in [6.45, 7) is 2.00. The van der Waals surface area contributed by atoms with E-state index in [1.165, 1.54) is 0 Å². The van der Waals surface area contributed by atoms with E-state index in [-0.39, 0.29) is 17.7 Å². The minimum absolute atomic E-state index is 0.0574. The number of amides is 1. The zero-order chi connectivity index (χ0) is 21.7. The second-order valence-corrected chi connectivity index (χ2v) is 8.35. The van der Waals surface area contributed by atoms with Gasteiger partial charge in [-0.2, -0.15) is 5.10 Å². The Labute approximate surface area is 184 Å². The number of nitrogens with two attached hydrogens (primary N) is 1. The molecule has 5 rings (SSSR count). The number of nitrogen functional groups attached to an aromatic ring is 1. The Kier molecular flexibility index (Phi) is 4.63. The Morgan fingerprint density at radius 2 is 2.06 bits per heavy atom. The van der Waals surface area contributed by atoms with Crippen LogP contribution >= 0.6 is 11.6 Å². The van der Waals surface area contributed by atoms with Crippen molar-refractivity contribution in [2.24, 2.45) is 13.0 Å². The molecule has 156 valence electrons. The molecule has 0 aliphatic heterocycles. The summed E-state index contributed by atoms with van der Waals surface area (Å²) in [5, 5.41) is 8.95. The number of nitrogens with zero attached hydrogens (tertiary/aromatic N) is 4. The van der Waals surface area contributed by atoms with Gasteiger partial charge in [0.15, 0.2) is 0 Å². The molecule has 1 aliphatic carbocycles. The molecule has 31 heavy (non-hydrogen) atoms. The minimum Gasteiger partial charge on any atom is -0.383 e. The van der Waals surface area contributed by atoms with Gasteiger partial charge in [-0.3, -0.25) is 9.48 Å². The highest BCUT2D eigenvalue weighted by atomic mass is 35.5. The number of nitrogens with one attached hydrogen (secondary N) is 1. The smallest absolute Gasteiger partial charge is 0.229 e. The zero-order valence-corrected chi connectivity index (χ0v) is 17.9. The first-order chi connectivity index (χ1) is 14.9. The van der Waals surface area contributed by atoms with Gasteiger partial charge >= 0.3 is 0 Å². The van der Waals surface area contributed by atoms with Crippen molar-refractivity contribution in [3.8, 4) is 11.3 Å². The van der Waals surface area contributed by atoms with Crippen LogP contribution in [-0.4, -0.2) is 25.7 Å². The van der Waals surface area contributed by atoms with E-state index in [2.05, 4.69) is 20.4 Å². The predicted octanol–water partition coefficient (Wildman–Crippen LogP) is 4.32. The molecular weight excluding hydrogens is 412 g/mol. The Balaban J connectivity index is 1.45. The molecule has 7 nitrogen and oxygen atoms in total. The maximum Gasteiger partial charge on any atom is 0.229 e. The van der Waals surface area contributed by atoms with Gasteiger partial charge < -0.3 is 11.1 Å². The lowest BCUT2D eigenvalue weighted by molar-refractivity contribution is -0.117. The van der Waals surface area contributed by atoms with Gasteiger partial charge in [0.05, 0.1) is 16.9 Å². The first kappa shape index (κ1) is 19.5. The fourth-order valence-corrected chi connectivity index (χ4v) is 4.29. The van der Waals surface area contributed by atoms with Gasteiger partial charge in [0.1, 0.15) is 11.6 Å². The van der Waals surface area contributed by atoms with E-state index >= 15 is 0 Å². The number of hydrogen-bond donors (Lipinski definition) is 2. The number of aryl methyl sites for hydroxylation is 2. The van der Waals surface area contributed by atoms with Crippen molar-refractivity contribution in [2.75, 3.05) is 11.1 Å². The summed E-state index contributed by atoms with van der Waals surface area (Å²) in [5.41, 5.74) is 9.87. The molecule has 0 radical (unpaired) electrons. The van der Waals surface area contributed by atoms with Gasteiger partial charge in [0.2, 0.25) is 5.91 Å². The second-order valence-electron chi connectivity index (χ2n) is 7.97. The summed E-state index contributed by atoms with van der Waals surface area (Å²) in [6.07, 6.45) is 6.18. The van der Waals surface area contributed by atoms with Gasteiger partial charge in [-0.25, -0.2) is 9.97 Å². The van der Waals surface area contributed by atoms with Crippen molar-refractivity contribution in [1.82, 2.24) is 19.7 Å². The Bertz CT molecular complexity index is 1330. The van der Waals surface area contributed by atoms with Crippen LogP contribution in [0.15, 0.2) is 48.9 Å². The Morgan fingerprint density at radius 1 is 1.26 bits per heavy atom. The molecule has 0 saturated heterocycles. The summed E-state index contributed by atoms with van der Waals surface area (Å²) in [7, 11) is 1.87. The van der Waals surface area contributed by atoms with Crippen molar-refractivity contribution in [1.29, 1.82) is 0 Å². The normalized spacial score (nSPS) is 17.6. The molecule has 1 fully saturated rings. The number of hydrogen-bond acceptors (Lipinski definition) is 5. The van der Waals surface area contributed by atoms with Crippen molar-refractivity contribution in [3.05, 3.63) is 65.1 Å². The number of pyridine rings is 2. The van der Waals surface area contributed by atoms with Crippen molar-refractivity contribution < 1.29 is 4.79 Å². The second kappa shape index (κ2) is 7.35. The van der Waals surface area contributed by atoms with E-state index in [9.17, 15) is 4.79 Å². The van der Waals surface area contributed by atoms with Gasteiger partial charge in [-0.05, 0) is 36.5 Å². The fourth-order valence-electron chi connectivity index (χ4n) is 3.99. The third-order valence-electron chi connectivity index (χ3n) is 5.79. The molecule has 2 atom stereocenters. The Morgan fingerprint density at radius 3 is 2.81 bits per heavy atom. The molecule has 0 unspecified atom stereocenters. The van der Waals surface area contributed by atoms with E-state index < -0.39 is 0 Å². The molecule has 3 heterocycles. The highest BCUT2D eigenvalue weighted by Gasteiger charge is 2.44. The average Bonchev–Trinajstić information content (AvgIpc) is 3.45. The van der Waals surface area contributed by atoms with E-state index in [1.807, 2.05) is 50.6 Å². The molecule has 1 amide bonds. The van der Waals surface area contributed by atoms with Crippen LogP contribution in [0.3, 0.4) is 0 Å². The van der Waals surface area contributed by atoms with E-state index in [4.69, 9.17) is 17.3 Å². The van der Waals surface area contributed by atoms with Crippen LogP contribution in [-0.2, 0) is 11.8 Å². The van der Waals surface area contributed by atoms with Crippen molar-refractivity contribution >= 4 is 39.9 Å². The monoisotopic (exact) mass is 432 g/mol. The van der Waals surface area contributed by atoms with Crippen LogP contribution in [0.4, 0.5) is 11.6 Å². The lowest BCUT2D eigenvalue weighted by atomic mass is 10.0. The number of carbonyl (C=O) groups excluding carboxylic acids is 1. The highest BCUT2D eigenvalue weighted by Crippen LogP contribution is 2.48. The van der Waals surface area contributed by atoms with Crippen LogP contribution in [0.1, 0.15) is 23.5 Å². The molecule has 4 aromatic rings. The molecule has 8 heteroatoms.